The van der Waals surface area contributed by atoms with Crippen molar-refractivity contribution in [2.75, 3.05) is 24.3 Å². The number of nitrogens with one attached hydrogen (secondary N) is 1. The van der Waals surface area contributed by atoms with Gasteiger partial charge in [0.05, 0.1) is 5.25 Å². The molecule has 0 spiro atoms. The van der Waals surface area contributed by atoms with Crippen molar-refractivity contribution in [2.45, 2.75) is 17.1 Å². The summed E-state index contributed by atoms with van der Waals surface area (Å²) in [5.74, 6) is -0.352. The summed E-state index contributed by atoms with van der Waals surface area (Å²) in [7, 11) is 3.93. The fraction of sp³-hybridized carbons (Fsp3) is 0.235. The highest BCUT2D eigenvalue weighted by Crippen LogP contribution is 2.24. The molecule has 0 bridgehead atoms. The molecule has 0 saturated carbocycles. The van der Waals surface area contributed by atoms with Crippen LogP contribution >= 0.6 is 11.8 Å². The molecule has 1 unspecified atom stereocenters. The first-order chi connectivity index (χ1) is 10.5. The summed E-state index contributed by atoms with van der Waals surface area (Å²) in [5, 5.41) is 2.62. The van der Waals surface area contributed by atoms with E-state index in [-0.39, 0.29) is 17.0 Å². The molecule has 2 rings (SSSR count). The van der Waals surface area contributed by atoms with Crippen molar-refractivity contribution in [1.29, 1.82) is 0 Å². The smallest absolute Gasteiger partial charge is 0.237 e. The number of anilines is 2. The van der Waals surface area contributed by atoms with Gasteiger partial charge in [0.2, 0.25) is 5.91 Å². The zero-order valence-electron chi connectivity index (χ0n) is 12.8. The highest BCUT2D eigenvalue weighted by Gasteiger charge is 2.14. The molecule has 1 amide bonds. The molecule has 1 N–H and O–H groups in total. The van der Waals surface area contributed by atoms with Crippen LogP contribution in [-0.4, -0.2) is 25.3 Å². The third kappa shape index (κ3) is 4.49. The molecule has 0 aromatic heterocycles. The predicted molar refractivity (Wildman–Crippen MR) is 91.1 cm³/mol. The van der Waals surface area contributed by atoms with Gasteiger partial charge in [-0.2, -0.15) is 0 Å². The molecule has 0 aliphatic carbocycles. The van der Waals surface area contributed by atoms with Crippen molar-refractivity contribution in [3.05, 3.63) is 54.3 Å². The van der Waals surface area contributed by atoms with Crippen molar-refractivity contribution in [1.82, 2.24) is 0 Å². The molecule has 22 heavy (non-hydrogen) atoms. The molecule has 0 fully saturated rings. The average Bonchev–Trinajstić information content (AvgIpc) is 2.50. The van der Waals surface area contributed by atoms with Gasteiger partial charge in [-0.25, -0.2) is 4.39 Å². The summed E-state index contributed by atoms with van der Waals surface area (Å²) in [6.45, 7) is 1.83. The predicted octanol–water partition coefficient (Wildman–Crippen LogP) is 4.01. The maximum absolute atomic E-state index is 12.9. The molecular formula is C17H19FN2OS. The van der Waals surface area contributed by atoms with Gasteiger partial charge >= 0.3 is 0 Å². The van der Waals surface area contributed by atoms with Crippen molar-refractivity contribution in [3.8, 4) is 0 Å². The molecule has 0 aliphatic heterocycles. The van der Waals surface area contributed by atoms with Crippen LogP contribution in [-0.2, 0) is 4.79 Å². The Hall–Kier alpha value is -2.01. The number of halogens is 1. The molecule has 0 aliphatic rings. The van der Waals surface area contributed by atoms with Gasteiger partial charge in [-0.05, 0) is 55.5 Å². The second-order valence-corrected chi connectivity index (χ2v) is 6.56. The van der Waals surface area contributed by atoms with E-state index in [0.29, 0.717) is 0 Å². The number of carbonyl (C=O) groups excluding carboxylic acids is 1. The molecule has 116 valence electrons. The monoisotopic (exact) mass is 318 g/mol. The summed E-state index contributed by atoms with van der Waals surface area (Å²) in [5.41, 5.74) is 1.84. The van der Waals surface area contributed by atoms with E-state index in [1.807, 2.05) is 50.2 Å². The van der Waals surface area contributed by atoms with Gasteiger partial charge in [0.25, 0.3) is 0 Å². The second-order valence-electron chi connectivity index (χ2n) is 5.14. The Balaban J connectivity index is 1.94. The summed E-state index contributed by atoms with van der Waals surface area (Å²) in [6.07, 6.45) is 0. The van der Waals surface area contributed by atoms with Gasteiger partial charge in [0.15, 0.2) is 0 Å². The van der Waals surface area contributed by atoms with Gasteiger partial charge in [0, 0.05) is 30.4 Å². The Morgan fingerprint density at radius 1 is 1.09 bits per heavy atom. The highest BCUT2D eigenvalue weighted by atomic mass is 32.2. The van der Waals surface area contributed by atoms with E-state index in [9.17, 15) is 9.18 Å². The van der Waals surface area contributed by atoms with Gasteiger partial charge in [-0.3, -0.25) is 4.79 Å². The van der Waals surface area contributed by atoms with Crippen LogP contribution in [0.5, 0.6) is 0 Å². The number of rotatable bonds is 5. The van der Waals surface area contributed by atoms with Crippen molar-refractivity contribution in [3.63, 3.8) is 0 Å². The molecule has 0 radical (unpaired) electrons. The van der Waals surface area contributed by atoms with Crippen LogP contribution in [0, 0.1) is 5.82 Å². The van der Waals surface area contributed by atoms with E-state index >= 15 is 0 Å². The number of carbonyl (C=O) groups is 1. The van der Waals surface area contributed by atoms with E-state index in [4.69, 9.17) is 0 Å². The lowest BCUT2D eigenvalue weighted by atomic mass is 10.2. The van der Waals surface area contributed by atoms with Crippen LogP contribution in [0.3, 0.4) is 0 Å². The van der Waals surface area contributed by atoms with E-state index in [1.54, 1.807) is 12.1 Å². The van der Waals surface area contributed by atoms with Crippen molar-refractivity contribution < 1.29 is 9.18 Å². The lowest BCUT2D eigenvalue weighted by Crippen LogP contribution is -2.22. The first kappa shape index (κ1) is 16.4. The van der Waals surface area contributed by atoms with Crippen LogP contribution in [0.15, 0.2) is 53.4 Å². The molecular weight excluding hydrogens is 299 g/mol. The van der Waals surface area contributed by atoms with Crippen LogP contribution in [0.25, 0.3) is 0 Å². The Morgan fingerprint density at radius 3 is 2.23 bits per heavy atom. The molecule has 1 atom stereocenters. The normalized spacial score (nSPS) is 11.8. The standard InChI is InChI=1S/C17H19FN2OS/c1-12(22-16-10-4-13(18)5-11-16)17(21)19-14-6-8-15(9-7-14)20(2)3/h4-12H,1-3H3,(H,19,21). The third-order valence-corrected chi connectivity index (χ3v) is 4.26. The van der Waals surface area contributed by atoms with E-state index in [2.05, 4.69) is 5.32 Å². The molecule has 5 heteroatoms. The minimum absolute atomic E-state index is 0.0769. The summed E-state index contributed by atoms with van der Waals surface area (Å²) < 4.78 is 12.9. The lowest BCUT2D eigenvalue weighted by Gasteiger charge is -2.14. The topological polar surface area (TPSA) is 32.3 Å². The first-order valence-electron chi connectivity index (χ1n) is 6.96. The highest BCUT2D eigenvalue weighted by molar-refractivity contribution is 8.00. The summed E-state index contributed by atoms with van der Waals surface area (Å²) in [4.78, 5) is 15.1. The maximum atomic E-state index is 12.9. The van der Waals surface area contributed by atoms with Gasteiger partial charge in [0.1, 0.15) is 5.82 Å². The summed E-state index contributed by atoms with van der Waals surface area (Å²) in [6, 6.07) is 13.8. The van der Waals surface area contributed by atoms with Crippen LogP contribution in [0.1, 0.15) is 6.92 Å². The molecule has 0 saturated heterocycles. The quantitative estimate of drug-likeness (QED) is 0.845. The second kappa shape index (κ2) is 7.31. The minimum Gasteiger partial charge on any atom is -0.378 e. The van der Waals surface area contributed by atoms with Crippen LogP contribution < -0.4 is 10.2 Å². The number of amides is 1. The van der Waals surface area contributed by atoms with Crippen molar-refractivity contribution in [2.24, 2.45) is 0 Å². The Bertz CT molecular complexity index is 626. The van der Waals surface area contributed by atoms with Crippen LogP contribution in [0.4, 0.5) is 15.8 Å². The largest absolute Gasteiger partial charge is 0.378 e. The average molecular weight is 318 g/mol. The minimum atomic E-state index is -0.276. The third-order valence-electron chi connectivity index (χ3n) is 3.15. The van der Waals surface area contributed by atoms with E-state index < -0.39 is 0 Å². The molecule has 2 aromatic carbocycles. The van der Waals surface area contributed by atoms with E-state index in [0.717, 1.165) is 16.3 Å². The summed E-state index contributed by atoms with van der Waals surface area (Å²) >= 11 is 1.40. The van der Waals surface area contributed by atoms with Gasteiger partial charge < -0.3 is 10.2 Å². The zero-order valence-corrected chi connectivity index (χ0v) is 13.7. The Labute approximate surface area is 134 Å². The number of benzene rings is 2. The SMILES string of the molecule is CC(Sc1ccc(F)cc1)C(=O)Nc1ccc(N(C)C)cc1. The number of hydrogen-bond donors (Lipinski definition) is 1. The van der Waals surface area contributed by atoms with E-state index in [1.165, 1.54) is 23.9 Å². The zero-order chi connectivity index (χ0) is 16.1. The van der Waals surface area contributed by atoms with Crippen molar-refractivity contribution >= 4 is 29.0 Å². The number of nitrogens with zero attached hydrogens (tertiary/aromatic N) is 1. The number of thioether (sulfide) groups is 1. The molecule has 0 heterocycles. The van der Waals surface area contributed by atoms with Gasteiger partial charge in [-0.1, -0.05) is 0 Å². The fourth-order valence-electron chi connectivity index (χ4n) is 1.86. The number of hydrogen-bond acceptors (Lipinski definition) is 3. The fourth-order valence-corrected chi connectivity index (χ4v) is 2.73. The van der Waals surface area contributed by atoms with Gasteiger partial charge in [-0.15, -0.1) is 11.8 Å². The Kier molecular flexibility index (Phi) is 5.44. The van der Waals surface area contributed by atoms with Crippen LogP contribution in [0.2, 0.25) is 0 Å². The Morgan fingerprint density at radius 2 is 1.68 bits per heavy atom. The maximum Gasteiger partial charge on any atom is 0.237 e. The molecule has 3 nitrogen and oxygen atoms in total. The lowest BCUT2D eigenvalue weighted by molar-refractivity contribution is -0.115. The molecule has 2 aromatic rings. The first-order valence-corrected chi connectivity index (χ1v) is 7.84.